The Labute approximate surface area is 155 Å². The van der Waals surface area contributed by atoms with Crippen molar-refractivity contribution < 1.29 is 23.9 Å². The number of fused-ring (bicyclic) bond motifs is 1. The first-order valence-electron chi connectivity index (χ1n) is 8.18. The highest BCUT2D eigenvalue weighted by molar-refractivity contribution is 6.23. The van der Waals surface area contributed by atoms with Crippen molar-refractivity contribution in [1.82, 2.24) is 4.98 Å². The fraction of sp³-hybridized carbons (Fsp3) is 0.143. The summed E-state index contributed by atoms with van der Waals surface area (Å²) in [5.41, 5.74) is 1.30. The van der Waals surface area contributed by atoms with Gasteiger partial charge in [-0.1, -0.05) is 42.0 Å². The summed E-state index contributed by atoms with van der Waals surface area (Å²) in [5, 5.41) is 0.469. The number of ether oxygens (including phenoxy) is 2. The molecule has 0 saturated heterocycles. The quantitative estimate of drug-likeness (QED) is 0.522. The second-order valence-electron chi connectivity index (χ2n) is 5.91. The number of benzene rings is 2. The number of pyridine rings is 1. The number of ketones is 1. The Morgan fingerprint density at radius 1 is 0.852 bits per heavy atom. The lowest BCUT2D eigenvalue weighted by Gasteiger charge is -2.14. The van der Waals surface area contributed by atoms with E-state index in [0.29, 0.717) is 16.5 Å². The number of aromatic nitrogens is 1. The van der Waals surface area contributed by atoms with Gasteiger partial charge < -0.3 is 9.47 Å². The van der Waals surface area contributed by atoms with E-state index in [1.807, 2.05) is 13.0 Å². The maximum Gasteiger partial charge on any atom is 0.357 e. The van der Waals surface area contributed by atoms with E-state index in [0.717, 1.165) is 5.56 Å². The molecule has 0 fully saturated rings. The molecule has 27 heavy (non-hydrogen) atoms. The number of esters is 2. The Morgan fingerprint density at radius 2 is 1.52 bits per heavy atom. The third kappa shape index (κ3) is 3.29. The first-order chi connectivity index (χ1) is 13.0. The van der Waals surface area contributed by atoms with Crippen molar-refractivity contribution in [3.63, 3.8) is 0 Å². The van der Waals surface area contributed by atoms with Gasteiger partial charge in [-0.05, 0) is 19.1 Å². The normalized spacial score (nSPS) is 10.5. The Bertz CT molecular complexity index is 1060. The van der Waals surface area contributed by atoms with Crippen LogP contribution in [0.3, 0.4) is 0 Å². The Morgan fingerprint density at radius 3 is 2.15 bits per heavy atom. The van der Waals surface area contributed by atoms with E-state index in [9.17, 15) is 14.4 Å². The molecule has 0 aliphatic carbocycles. The van der Waals surface area contributed by atoms with Crippen molar-refractivity contribution in [2.45, 2.75) is 6.92 Å². The van der Waals surface area contributed by atoms with Crippen LogP contribution in [0.4, 0.5) is 0 Å². The summed E-state index contributed by atoms with van der Waals surface area (Å²) in [4.78, 5) is 42.3. The van der Waals surface area contributed by atoms with Crippen LogP contribution >= 0.6 is 0 Å². The van der Waals surface area contributed by atoms with E-state index in [1.54, 1.807) is 42.5 Å². The average Bonchev–Trinajstić information content (AvgIpc) is 2.71. The van der Waals surface area contributed by atoms with Crippen molar-refractivity contribution in [2.75, 3.05) is 14.2 Å². The molecule has 0 saturated carbocycles. The molecular formula is C21H17NO5. The molecule has 6 nitrogen and oxygen atoms in total. The molecule has 3 rings (SSSR count). The topological polar surface area (TPSA) is 82.6 Å². The first kappa shape index (κ1) is 18.3. The molecule has 136 valence electrons. The fourth-order valence-electron chi connectivity index (χ4n) is 2.89. The number of carbonyl (C=O) groups is 3. The first-order valence-corrected chi connectivity index (χ1v) is 8.18. The van der Waals surface area contributed by atoms with Crippen LogP contribution in [0.1, 0.15) is 42.3 Å². The zero-order chi connectivity index (χ0) is 19.6. The zero-order valence-corrected chi connectivity index (χ0v) is 15.1. The van der Waals surface area contributed by atoms with Crippen molar-refractivity contribution in [2.24, 2.45) is 0 Å². The summed E-state index contributed by atoms with van der Waals surface area (Å²) in [6.07, 6.45) is 0. The lowest BCUT2D eigenvalue weighted by molar-refractivity contribution is 0.0549. The van der Waals surface area contributed by atoms with Crippen molar-refractivity contribution in [1.29, 1.82) is 0 Å². The van der Waals surface area contributed by atoms with Crippen molar-refractivity contribution in [3.8, 4) is 0 Å². The molecular weight excluding hydrogens is 346 g/mol. The van der Waals surface area contributed by atoms with Gasteiger partial charge in [0.2, 0.25) is 0 Å². The van der Waals surface area contributed by atoms with E-state index < -0.39 is 17.7 Å². The molecule has 0 bridgehead atoms. The number of hydrogen-bond donors (Lipinski definition) is 0. The van der Waals surface area contributed by atoms with Crippen molar-refractivity contribution >= 4 is 28.6 Å². The molecule has 2 aromatic carbocycles. The third-order valence-corrected chi connectivity index (χ3v) is 4.17. The van der Waals surface area contributed by atoms with Gasteiger partial charge in [-0.3, -0.25) is 4.79 Å². The van der Waals surface area contributed by atoms with Crippen LogP contribution in [0.5, 0.6) is 0 Å². The molecule has 3 aromatic rings. The van der Waals surface area contributed by atoms with Crippen molar-refractivity contribution in [3.05, 3.63) is 76.5 Å². The second kappa shape index (κ2) is 7.37. The lowest BCUT2D eigenvalue weighted by Crippen LogP contribution is -2.20. The summed E-state index contributed by atoms with van der Waals surface area (Å²) in [6, 6.07) is 13.8. The average molecular weight is 363 g/mol. The Hall–Kier alpha value is -3.54. The minimum Gasteiger partial charge on any atom is -0.465 e. The fourth-order valence-corrected chi connectivity index (χ4v) is 2.89. The number of carbonyl (C=O) groups excluding carboxylic acids is 3. The van der Waals surface area contributed by atoms with Crippen LogP contribution in [-0.4, -0.2) is 36.9 Å². The summed E-state index contributed by atoms with van der Waals surface area (Å²) in [5.74, 6) is -2.05. The number of nitrogens with zero attached hydrogens (tertiary/aromatic N) is 1. The molecule has 6 heteroatoms. The largest absolute Gasteiger partial charge is 0.465 e. The van der Waals surface area contributed by atoms with Crippen LogP contribution in [0.25, 0.3) is 10.9 Å². The predicted molar refractivity (Wildman–Crippen MR) is 99.0 cm³/mol. The van der Waals surface area contributed by atoms with Crippen LogP contribution in [-0.2, 0) is 9.47 Å². The van der Waals surface area contributed by atoms with Gasteiger partial charge in [0.25, 0.3) is 0 Å². The van der Waals surface area contributed by atoms with Gasteiger partial charge >= 0.3 is 11.9 Å². The molecule has 0 spiro atoms. The SMILES string of the molecule is COC(=O)c1nc2ccc(C)cc2c(C(=O)c2ccccc2)c1C(=O)OC. The van der Waals surface area contributed by atoms with Crippen LogP contribution < -0.4 is 0 Å². The lowest BCUT2D eigenvalue weighted by atomic mass is 9.92. The highest BCUT2D eigenvalue weighted by Gasteiger charge is 2.30. The maximum absolute atomic E-state index is 13.3. The van der Waals surface area contributed by atoms with E-state index in [4.69, 9.17) is 9.47 Å². The molecule has 1 aromatic heterocycles. The maximum atomic E-state index is 13.3. The van der Waals surface area contributed by atoms with Gasteiger partial charge in [-0.25, -0.2) is 14.6 Å². The minimum absolute atomic E-state index is 0.0714. The van der Waals surface area contributed by atoms with E-state index >= 15 is 0 Å². The van der Waals surface area contributed by atoms with Gasteiger partial charge in [0, 0.05) is 16.5 Å². The molecule has 0 atom stereocenters. The summed E-state index contributed by atoms with van der Waals surface area (Å²) in [6.45, 7) is 1.86. The van der Waals surface area contributed by atoms with Crippen LogP contribution in [0.15, 0.2) is 48.5 Å². The molecule has 0 amide bonds. The monoisotopic (exact) mass is 363 g/mol. The molecule has 0 aliphatic rings. The number of rotatable bonds is 4. The Kier molecular flexibility index (Phi) is 4.98. The third-order valence-electron chi connectivity index (χ3n) is 4.17. The van der Waals surface area contributed by atoms with E-state index in [2.05, 4.69) is 4.98 Å². The summed E-state index contributed by atoms with van der Waals surface area (Å²) in [7, 11) is 2.36. The highest BCUT2D eigenvalue weighted by atomic mass is 16.5. The number of methoxy groups -OCH3 is 2. The summed E-state index contributed by atoms with van der Waals surface area (Å²) < 4.78 is 9.60. The van der Waals surface area contributed by atoms with Gasteiger partial charge in [0.15, 0.2) is 11.5 Å². The zero-order valence-electron chi connectivity index (χ0n) is 15.1. The molecule has 0 radical (unpaired) electrons. The molecule has 0 unspecified atom stereocenters. The van der Waals surface area contributed by atoms with E-state index in [1.165, 1.54) is 14.2 Å². The molecule has 0 N–H and O–H groups in total. The number of aryl methyl sites for hydroxylation is 1. The Balaban J connectivity index is 2.46. The smallest absolute Gasteiger partial charge is 0.357 e. The molecule has 1 heterocycles. The predicted octanol–water partition coefficient (Wildman–Crippen LogP) is 3.35. The second-order valence-corrected chi connectivity index (χ2v) is 5.91. The van der Waals surface area contributed by atoms with Crippen LogP contribution in [0, 0.1) is 6.92 Å². The number of hydrogen-bond acceptors (Lipinski definition) is 6. The highest BCUT2D eigenvalue weighted by Crippen LogP contribution is 2.28. The molecule has 0 aliphatic heterocycles. The van der Waals surface area contributed by atoms with Gasteiger partial charge in [0.1, 0.15) is 5.56 Å². The van der Waals surface area contributed by atoms with Crippen LogP contribution in [0.2, 0.25) is 0 Å². The standard InChI is InChI=1S/C21H17NO5/c1-12-9-10-15-14(11-12)16(19(23)13-7-5-4-6-8-13)17(20(24)26-2)18(22-15)21(25)27-3/h4-11H,1-3H3. The van der Waals surface area contributed by atoms with Gasteiger partial charge in [0.05, 0.1) is 19.7 Å². The van der Waals surface area contributed by atoms with Gasteiger partial charge in [-0.2, -0.15) is 0 Å². The minimum atomic E-state index is -0.828. The summed E-state index contributed by atoms with van der Waals surface area (Å²) >= 11 is 0. The van der Waals surface area contributed by atoms with Gasteiger partial charge in [-0.15, -0.1) is 0 Å². The van der Waals surface area contributed by atoms with E-state index in [-0.39, 0.29) is 16.8 Å².